The zero-order chi connectivity index (χ0) is 19.0. The highest BCUT2D eigenvalue weighted by atomic mass is 35.5. The third-order valence-corrected chi connectivity index (χ3v) is 5.66. The molecule has 2 fully saturated rings. The third-order valence-electron chi connectivity index (χ3n) is 5.42. The number of anilines is 1. The largest absolute Gasteiger partial charge is 0.469 e. The van der Waals surface area contributed by atoms with E-state index in [1.807, 2.05) is 4.90 Å². The van der Waals surface area contributed by atoms with Crippen molar-refractivity contribution in [3.8, 4) is 0 Å². The maximum absolute atomic E-state index is 12.6. The van der Waals surface area contributed by atoms with Crippen molar-refractivity contribution in [2.75, 3.05) is 25.1 Å². The van der Waals surface area contributed by atoms with E-state index >= 15 is 0 Å². The molecule has 1 aromatic heterocycles. The van der Waals surface area contributed by atoms with E-state index in [0.29, 0.717) is 41.5 Å². The summed E-state index contributed by atoms with van der Waals surface area (Å²) < 4.78 is 10.6. The number of esters is 1. The smallest absolute Gasteiger partial charge is 0.308 e. The van der Waals surface area contributed by atoms with Gasteiger partial charge in [-0.1, -0.05) is 11.6 Å². The molecule has 1 unspecified atom stereocenters. The molecule has 0 bridgehead atoms. The van der Waals surface area contributed by atoms with Gasteiger partial charge in [-0.2, -0.15) is 4.98 Å². The first kappa shape index (κ1) is 18.1. The van der Waals surface area contributed by atoms with Crippen LogP contribution < -0.4 is 10.2 Å². The Morgan fingerprint density at radius 3 is 2.93 bits per heavy atom. The van der Waals surface area contributed by atoms with Gasteiger partial charge >= 0.3 is 5.97 Å². The van der Waals surface area contributed by atoms with Crippen LogP contribution in [0.5, 0.6) is 0 Å². The number of nitrogens with zero attached hydrogens (tertiary/aromatic N) is 2. The van der Waals surface area contributed by atoms with Gasteiger partial charge in [-0.25, -0.2) is 0 Å². The van der Waals surface area contributed by atoms with Crippen molar-refractivity contribution in [3.63, 3.8) is 0 Å². The zero-order valence-corrected chi connectivity index (χ0v) is 15.9. The molecule has 1 atom stereocenters. The van der Waals surface area contributed by atoms with E-state index in [9.17, 15) is 9.59 Å². The molecule has 0 radical (unpaired) electrons. The van der Waals surface area contributed by atoms with Gasteiger partial charge in [0, 0.05) is 24.2 Å². The number of carbonyl (C=O) groups is 2. The summed E-state index contributed by atoms with van der Waals surface area (Å²) in [5.41, 5.74) is 1.40. The fourth-order valence-electron chi connectivity index (χ4n) is 3.80. The molecule has 1 saturated carbocycles. The molecule has 0 spiro atoms. The number of carbonyl (C=O) groups excluding carboxylic acids is 2. The number of amides is 1. The number of fused-ring (bicyclic) bond motifs is 1. The standard InChI is InChI=1S/C19H22ClN3O4/c1-26-18(25)12-7-14(8-12)21-17(24)11-3-2-6-23(10-11)19-22-15-9-13(20)4-5-16(15)27-19/h4-5,9,11-12,14H,2-3,6-8,10H2,1H3,(H,21,24). The van der Waals surface area contributed by atoms with Gasteiger partial charge < -0.3 is 19.4 Å². The number of nitrogens with one attached hydrogen (secondary N) is 1. The highest BCUT2D eigenvalue weighted by Crippen LogP contribution is 2.30. The lowest BCUT2D eigenvalue weighted by Gasteiger charge is -2.36. The summed E-state index contributed by atoms with van der Waals surface area (Å²) in [4.78, 5) is 30.6. The SMILES string of the molecule is COC(=O)C1CC(NC(=O)C2CCCN(c3nc4cc(Cl)ccc4o3)C2)C1. The first-order valence-electron chi connectivity index (χ1n) is 9.22. The number of benzene rings is 1. The van der Waals surface area contributed by atoms with Gasteiger partial charge in [0.05, 0.1) is 18.9 Å². The Labute approximate surface area is 162 Å². The van der Waals surface area contributed by atoms with E-state index in [4.69, 9.17) is 20.8 Å². The molecule has 1 saturated heterocycles. The molecule has 1 amide bonds. The van der Waals surface area contributed by atoms with Gasteiger partial charge in [0.2, 0.25) is 5.91 Å². The number of ether oxygens (including phenoxy) is 1. The van der Waals surface area contributed by atoms with Gasteiger partial charge in [0.15, 0.2) is 5.58 Å². The Morgan fingerprint density at radius 2 is 2.15 bits per heavy atom. The summed E-state index contributed by atoms with van der Waals surface area (Å²) in [6.45, 7) is 1.37. The normalized spacial score (nSPS) is 25.1. The van der Waals surface area contributed by atoms with E-state index in [0.717, 1.165) is 19.4 Å². The van der Waals surface area contributed by atoms with Crippen molar-refractivity contribution >= 4 is 40.6 Å². The summed E-state index contributed by atoms with van der Waals surface area (Å²) in [6.07, 6.45) is 3.04. The van der Waals surface area contributed by atoms with Crippen LogP contribution in [0.15, 0.2) is 22.6 Å². The molecule has 2 aliphatic rings. The van der Waals surface area contributed by atoms with E-state index < -0.39 is 0 Å². The van der Waals surface area contributed by atoms with Crippen molar-refractivity contribution < 1.29 is 18.7 Å². The van der Waals surface area contributed by atoms with Crippen LogP contribution in [0.25, 0.3) is 11.1 Å². The van der Waals surface area contributed by atoms with Gasteiger partial charge in [-0.05, 0) is 43.9 Å². The van der Waals surface area contributed by atoms with Gasteiger partial charge in [-0.3, -0.25) is 9.59 Å². The number of hydrogen-bond acceptors (Lipinski definition) is 6. The maximum atomic E-state index is 12.6. The molecule has 1 N–H and O–H groups in total. The monoisotopic (exact) mass is 391 g/mol. The summed E-state index contributed by atoms with van der Waals surface area (Å²) in [6, 6.07) is 5.93. The van der Waals surface area contributed by atoms with E-state index in [1.54, 1.807) is 18.2 Å². The van der Waals surface area contributed by atoms with Crippen molar-refractivity contribution in [2.24, 2.45) is 11.8 Å². The van der Waals surface area contributed by atoms with Crippen molar-refractivity contribution in [2.45, 2.75) is 31.7 Å². The molecule has 1 aliphatic heterocycles. The average molecular weight is 392 g/mol. The van der Waals surface area contributed by atoms with Crippen LogP contribution in [0.4, 0.5) is 6.01 Å². The Bertz CT molecular complexity index is 862. The number of aromatic nitrogens is 1. The van der Waals surface area contributed by atoms with E-state index in [-0.39, 0.29) is 29.8 Å². The zero-order valence-electron chi connectivity index (χ0n) is 15.1. The van der Waals surface area contributed by atoms with E-state index in [1.165, 1.54) is 7.11 Å². The van der Waals surface area contributed by atoms with Gasteiger partial charge in [0.1, 0.15) is 5.52 Å². The first-order valence-corrected chi connectivity index (χ1v) is 9.60. The third kappa shape index (κ3) is 3.74. The fraction of sp³-hybridized carbons (Fsp3) is 0.526. The lowest BCUT2D eigenvalue weighted by atomic mass is 9.80. The quantitative estimate of drug-likeness (QED) is 0.807. The number of halogens is 1. The van der Waals surface area contributed by atoms with Crippen LogP contribution in [-0.4, -0.2) is 43.1 Å². The first-order chi connectivity index (χ1) is 13.0. The summed E-state index contributed by atoms with van der Waals surface area (Å²) in [5, 5.41) is 3.67. The Morgan fingerprint density at radius 1 is 1.33 bits per heavy atom. The number of hydrogen-bond donors (Lipinski definition) is 1. The van der Waals surface area contributed by atoms with Gasteiger partial charge in [0.25, 0.3) is 6.01 Å². The lowest BCUT2D eigenvalue weighted by molar-refractivity contribution is -0.150. The molecule has 8 heteroatoms. The molecule has 1 aromatic carbocycles. The van der Waals surface area contributed by atoms with Crippen LogP contribution in [-0.2, 0) is 14.3 Å². The number of rotatable bonds is 4. The van der Waals surface area contributed by atoms with Crippen LogP contribution in [0, 0.1) is 11.8 Å². The Hall–Kier alpha value is -2.28. The minimum absolute atomic E-state index is 0.0344. The molecule has 2 heterocycles. The highest BCUT2D eigenvalue weighted by molar-refractivity contribution is 6.31. The molecule has 144 valence electrons. The molecule has 2 aromatic rings. The molecular formula is C19H22ClN3O4. The predicted molar refractivity (Wildman–Crippen MR) is 101 cm³/mol. The number of piperidine rings is 1. The van der Waals surface area contributed by atoms with Crippen LogP contribution in [0.1, 0.15) is 25.7 Å². The second-order valence-electron chi connectivity index (χ2n) is 7.29. The van der Waals surface area contributed by atoms with Crippen molar-refractivity contribution in [1.82, 2.24) is 10.3 Å². The fourth-order valence-corrected chi connectivity index (χ4v) is 3.97. The summed E-state index contributed by atoms with van der Waals surface area (Å²) in [5.74, 6) is -0.364. The van der Waals surface area contributed by atoms with E-state index in [2.05, 4.69) is 10.3 Å². The van der Waals surface area contributed by atoms with Crippen molar-refractivity contribution in [3.05, 3.63) is 23.2 Å². The average Bonchev–Trinajstić information content (AvgIpc) is 3.06. The Balaban J connectivity index is 1.36. The van der Waals surface area contributed by atoms with Crippen LogP contribution in [0.2, 0.25) is 5.02 Å². The maximum Gasteiger partial charge on any atom is 0.308 e. The minimum atomic E-state index is -0.194. The topological polar surface area (TPSA) is 84.7 Å². The predicted octanol–water partition coefficient (Wildman–Crippen LogP) is 2.77. The second kappa shape index (κ2) is 7.38. The van der Waals surface area contributed by atoms with Crippen molar-refractivity contribution in [1.29, 1.82) is 0 Å². The lowest BCUT2D eigenvalue weighted by Crippen LogP contribution is -2.51. The van der Waals surface area contributed by atoms with Gasteiger partial charge in [-0.15, -0.1) is 0 Å². The Kier molecular flexibility index (Phi) is 4.95. The molecule has 4 rings (SSSR count). The van der Waals surface area contributed by atoms with Crippen LogP contribution in [0.3, 0.4) is 0 Å². The molecular weight excluding hydrogens is 370 g/mol. The molecule has 1 aliphatic carbocycles. The second-order valence-corrected chi connectivity index (χ2v) is 7.73. The summed E-state index contributed by atoms with van der Waals surface area (Å²) >= 11 is 6.01. The molecule has 27 heavy (non-hydrogen) atoms. The summed E-state index contributed by atoms with van der Waals surface area (Å²) in [7, 11) is 1.39. The van der Waals surface area contributed by atoms with Crippen LogP contribution >= 0.6 is 11.6 Å². The molecule has 7 nitrogen and oxygen atoms in total. The highest BCUT2D eigenvalue weighted by Gasteiger charge is 2.37. The number of oxazole rings is 1. The minimum Gasteiger partial charge on any atom is -0.469 e. The number of methoxy groups -OCH3 is 1.